The smallest absolute Gasteiger partial charge is 0.174 e. The van der Waals surface area contributed by atoms with Crippen LogP contribution in [0.1, 0.15) is 12.0 Å². The van der Waals surface area contributed by atoms with Crippen molar-refractivity contribution in [3.63, 3.8) is 0 Å². The SMILES string of the molecule is COCCOCCCOc1ccnc(-n2c(SC)nc3ccccc32)c1C. The number of thioether (sulfide) groups is 1. The van der Waals surface area contributed by atoms with E-state index in [4.69, 9.17) is 19.2 Å². The first-order valence-corrected chi connectivity index (χ1v) is 10.2. The fraction of sp³-hybridized carbons (Fsp3) is 0.400. The fourth-order valence-corrected chi connectivity index (χ4v) is 3.38. The number of hydrogen-bond donors (Lipinski definition) is 0. The first kappa shape index (κ1) is 19.7. The van der Waals surface area contributed by atoms with Gasteiger partial charge in [0.2, 0.25) is 0 Å². The van der Waals surface area contributed by atoms with E-state index in [1.165, 1.54) is 0 Å². The molecule has 0 saturated heterocycles. The lowest BCUT2D eigenvalue weighted by atomic mass is 10.2. The lowest BCUT2D eigenvalue weighted by Crippen LogP contribution is -2.08. The number of nitrogens with zero attached hydrogens (tertiary/aromatic N) is 3. The molecular weight excluding hydrogens is 362 g/mol. The molecule has 0 saturated carbocycles. The van der Waals surface area contributed by atoms with E-state index in [1.54, 1.807) is 25.1 Å². The number of rotatable bonds is 10. The van der Waals surface area contributed by atoms with Crippen molar-refractivity contribution in [1.29, 1.82) is 0 Å². The van der Waals surface area contributed by atoms with Crippen LogP contribution in [-0.4, -0.2) is 54.3 Å². The van der Waals surface area contributed by atoms with Crippen LogP contribution < -0.4 is 4.74 Å². The van der Waals surface area contributed by atoms with Crippen molar-refractivity contribution >= 4 is 22.8 Å². The first-order chi connectivity index (χ1) is 13.3. The fourth-order valence-electron chi connectivity index (χ4n) is 2.82. The molecule has 0 atom stereocenters. The second kappa shape index (κ2) is 9.73. The molecule has 6 nitrogen and oxygen atoms in total. The third-order valence-electron chi connectivity index (χ3n) is 4.17. The van der Waals surface area contributed by atoms with Crippen LogP contribution >= 0.6 is 11.8 Å². The van der Waals surface area contributed by atoms with E-state index in [2.05, 4.69) is 15.6 Å². The van der Waals surface area contributed by atoms with Crippen molar-refractivity contribution in [2.75, 3.05) is 39.8 Å². The van der Waals surface area contributed by atoms with Crippen LogP contribution in [0.3, 0.4) is 0 Å². The van der Waals surface area contributed by atoms with Crippen molar-refractivity contribution in [2.45, 2.75) is 18.5 Å². The predicted octanol–water partition coefficient (Wildman–Crippen LogP) is 3.88. The molecule has 0 aliphatic heterocycles. The molecule has 3 aromatic rings. The minimum atomic E-state index is 0.595. The molecule has 0 amide bonds. The highest BCUT2D eigenvalue weighted by atomic mass is 32.2. The Balaban J connectivity index is 1.76. The van der Waals surface area contributed by atoms with Crippen molar-refractivity contribution < 1.29 is 14.2 Å². The summed E-state index contributed by atoms with van der Waals surface area (Å²) >= 11 is 1.61. The molecule has 1 aromatic carbocycles. The Bertz CT molecular complexity index is 882. The zero-order chi connectivity index (χ0) is 19.1. The van der Waals surface area contributed by atoms with Gasteiger partial charge >= 0.3 is 0 Å². The lowest BCUT2D eigenvalue weighted by molar-refractivity contribution is 0.0644. The molecule has 2 aromatic heterocycles. The largest absolute Gasteiger partial charge is 0.493 e. The van der Waals surface area contributed by atoms with Gasteiger partial charge in [0.25, 0.3) is 0 Å². The summed E-state index contributed by atoms with van der Waals surface area (Å²) in [5.74, 6) is 1.68. The summed E-state index contributed by atoms with van der Waals surface area (Å²) in [4.78, 5) is 9.32. The summed E-state index contributed by atoms with van der Waals surface area (Å²) in [6.07, 6.45) is 4.63. The minimum absolute atomic E-state index is 0.595. The van der Waals surface area contributed by atoms with Crippen molar-refractivity contribution in [3.8, 4) is 11.6 Å². The summed E-state index contributed by atoms with van der Waals surface area (Å²) in [6.45, 7) is 4.51. The first-order valence-electron chi connectivity index (χ1n) is 8.93. The second-order valence-electron chi connectivity index (χ2n) is 5.99. The third-order valence-corrected chi connectivity index (χ3v) is 4.81. The maximum atomic E-state index is 5.98. The molecule has 3 rings (SSSR count). The number of pyridine rings is 1. The maximum Gasteiger partial charge on any atom is 0.174 e. The molecule has 0 spiro atoms. The topological polar surface area (TPSA) is 58.4 Å². The van der Waals surface area contributed by atoms with E-state index in [-0.39, 0.29) is 0 Å². The number of ether oxygens (including phenoxy) is 3. The van der Waals surface area contributed by atoms with Gasteiger partial charge in [-0.2, -0.15) is 0 Å². The average Bonchev–Trinajstić information content (AvgIpc) is 3.07. The van der Waals surface area contributed by atoms with Gasteiger partial charge in [-0.3, -0.25) is 4.57 Å². The van der Waals surface area contributed by atoms with Crippen LogP contribution in [0.15, 0.2) is 41.7 Å². The van der Waals surface area contributed by atoms with Gasteiger partial charge in [-0.1, -0.05) is 23.9 Å². The summed E-state index contributed by atoms with van der Waals surface area (Å²) < 4.78 is 18.5. The summed E-state index contributed by atoms with van der Waals surface area (Å²) in [5.41, 5.74) is 3.00. The Morgan fingerprint density at radius 1 is 1.07 bits per heavy atom. The molecule has 0 radical (unpaired) electrons. The van der Waals surface area contributed by atoms with Gasteiger partial charge in [0, 0.05) is 31.9 Å². The summed E-state index contributed by atoms with van der Waals surface area (Å²) in [6, 6.07) is 10.0. The zero-order valence-electron chi connectivity index (χ0n) is 16.0. The summed E-state index contributed by atoms with van der Waals surface area (Å²) in [7, 11) is 1.67. The molecule has 0 aliphatic rings. The molecule has 7 heteroatoms. The molecule has 144 valence electrons. The van der Waals surface area contributed by atoms with Crippen LogP contribution in [0.2, 0.25) is 0 Å². The van der Waals surface area contributed by atoms with Gasteiger partial charge < -0.3 is 14.2 Å². The maximum absolute atomic E-state index is 5.98. The van der Waals surface area contributed by atoms with Gasteiger partial charge in [-0.25, -0.2) is 9.97 Å². The highest BCUT2D eigenvalue weighted by molar-refractivity contribution is 7.98. The normalized spacial score (nSPS) is 11.2. The van der Waals surface area contributed by atoms with E-state index < -0.39 is 0 Å². The zero-order valence-corrected chi connectivity index (χ0v) is 16.8. The molecule has 27 heavy (non-hydrogen) atoms. The van der Waals surface area contributed by atoms with E-state index in [9.17, 15) is 0 Å². The number of para-hydroxylation sites is 2. The Morgan fingerprint density at radius 3 is 2.74 bits per heavy atom. The average molecular weight is 388 g/mol. The van der Waals surface area contributed by atoms with Crippen LogP contribution in [0.5, 0.6) is 5.75 Å². The Labute approximate surface area is 163 Å². The Morgan fingerprint density at radius 2 is 1.93 bits per heavy atom. The summed E-state index contributed by atoms with van der Waals surface area (Å²) in [5, 5.41) is 0.912. The molecular formula is C20H25N3O3S. The van der Waals surface area contributed by atoms with Crippen LogP contribution in [-0.2, 0) is 9.47 Å². The quantitative estimate of drug-likeness (QED) is 0.389. The predicted molar refractivity (Wildman–Crippen MR) is 108 cm³/mol. The van der Waals surface area contributed by atoms with E-state index in [0.717, 1.165) is 39.7 Å². The number of hydrogen-bond acceptors (Lipinski definition) is 6. The van der Waals surface area contributed by atoms with Crippen LogP contribution in [0.4, 0.5) is 0 Å². The number of imidazole rings is 1. The molecule has 0 aliphatic carbocycles. The van der Waals surface area contributed by atoms with Gasteiger partial charge in [0.15, 0.2) is 5.16 Å². The van der Waals surface area contributed by atoms with E-state index in [0.29, 0.717) is 26.4 Å². The van der Waals surface area contributed by atoms with Gasteiger partial charge in [-0.15, -0.1) is 0 Å². The van der Waals surface area contributed by atoms with E-state index in [1.807, 2.05) is 37.4 Å². The molecule has 0 unspecified atom stereocenters. The Kier molecular flexibility index (Phi) is 7.09. The molecule has 2 heterocycles. The standard InChI is InChI=1S/C20H25N3O3S/c1-15-18(26-12-6-11-25-14-13-24-2)9-10-21-19(15)23-17-8-5-4-7-16(17)22-20(23)27-3/h4-5,7-10H,6,11-14H2,1-3H3. The van der Waals surface area contributed by atoms with Gasteiger partial charge in [0.05, 0.1) is 30.9 Å². The third kappa shape index (κ3) is 4.61. The molecule has 0 bridgehead atoms. The number of aromatic nitrogens is 3. The molecule has 0 fully saturated rings. The molecule has 0 N–H and O–H groups in total. The monoisotopic (exact) mass is 387 g/mol. The van der Waals surface area contributed by atoms with Crippen LogP contribution in [0.25, 0.3) is 16.9 Å². The van der Waals surface area contributed by atoms with Crippen LogP contribution in [0, 0.1) is 6.92 Å². The van der Waals surface area contributed by atoms with Gasteiger partial charge in [-0.05, 0) is 31.4 Å². The lowest BCUT2D eigenvalue weighted by Gasteiger charge is -2.14. The number of methoxy groups -OCH3 is 1. The van der Waals surface area contributed by atoms with Gasteiger partial charge in [0.1, 0.15) is 11.6 Å². The highest BCUT2D eigenvalue weighted by Crippen LogP contribution is 2.30. The highest BCUT2D eigenvalue weighted by Gasteiger charge is 2.16. The number of benzene rings is 1. The number of fused-ring (bicyclic) bond motifs is 1. The second-order valence-corrected chi connectivity index (χ2v) is 6.76. The minimum Gasteiger partial charge on any atom is -0.493 e. The van der Waals surface area contributed by atoms with Crippen molar-refractivity contribution in [2.24, 2.45) is 0 Å². The van der Waals surface area contributed by atoms with Crippen molar-refractivity contribution in [1.82, 2.24) is 14.5 Å². The van der Waals surface area contributed by atoms with E-state index >= 15 is 0 Å². The van der Waals surface area contributed by atoms with Crippen molar-refractivity contribution in [3.05, 3.63) is 42.1 Å². The Hall–Kier alpha value is -2.09.